The third kappa shape index (κ3) is 8.43. The van der Waals surface area contributed by atoms with E-state index in [0.29, 0.717) is 45.1 Å². The Bertz CT molecular complexity index is 952. The molecule has 1 aliphatic carbocycles. The number of anilines is 2. The number of nitro groups is 1. The predicted octanol–water partition coefficient (Wildman–Crippen LogP) is 5.05. The average molecular weight is 519 g/mol. The number of methoxy groups -OCH3 is 1. The summed E-state index contributed by atoms with van der Waals surface area (Å²) in [6.45, 7) is 10.9. The molecule has 10 nitrogen and oxygen atoms in total. The average Bonchev–Trinajstić information content (AvgIpc) is 2.89. The molecule has 0 saturated heterocycles. The maximum atomic E-state index is 12.8. The molecule has 2 rings (SSSR count). The van der Waals surface area contributed by atoms with Gasteiger partial charge in [0.1, 0.15) is 6.61 Å². The highest BCUT2D eigenvalue weighted by molar-refractivity contribution is 5.86. The Kier molecular flexibility index (Phi) is 10.9. The number of hydrazone groups is 1. The van der Waals surface area contributed by atoms with Crippen LogP contribution in [-0.4, -0.2) is 55.4 Å². The summed E-state index contributed by atoms with van der Waals surface area (Å²) in [5, 5.41) is 15.3. The Morgan fingerprint density at radius 2 is 1.76 bits per heavy atom. The van der Waals surface area contributed by atoms with Crippen molar-refractivity contribution in [3.63, 3.8) is 0 Å². The summed E-state index contributed by atoms with van der Waals surface area (Å²) in [6.07, 6.45) is 3.24. The van der Waals surface area contributed by atoms with Crippen LogP contribution >= 0.6 is 0 Å². The van der Waals surface area contributed by atoms with Crippen molar-refractivity contribution in [1.29, 1.82) is 0 Å². The molecule has 0 radical (unpaired) electrons. The van der Waals surface area contributed by atoms with Crippen molar-refractivity contribution in [2.24, 2.45) is 15.9 Å². The fourth-order valence-electron chi connectivity index (χ4n) is 4.70. The minimum Gasteiger partial charge on any atom is -0.469 e. The molecule has 0 heterocycles. The highest BCUT2D eigenvalue weighted by Crippen LogP contribution is 2.38. The van der Waals surface area contributed by atoms with Crippen LogP contribution in [0.25, 0.3) is 0 Å². The van der Waals surface area contributed by atoms with Crippen LogP contribution in [0.15, 0.2) is 29.4 Å². The number of benzene rings is 1. The van der Waals surface area contributed by atoms with Gasteiger partial charge in [0.25, 0.3) is 0 Å². The zero-order valence-electron chi connectivity index (χ0n) is 23.0. The van der Waals surface area contributed by atoms with Crippen molar-refractivity contribution in [2.45, 2.75) is 79.2 Å². The van der Waals surface area contributed by atoms with Gasteiger partial charge in [-0.3, -0.25) is 25.1 Å². The van der Waals surface area contributed by atoms with Crippen LogP contribution in [-0.2, 0) is 19.1 Å². The van der Waals surface area contributed by atoms with E-state index in [0.717, 1.165) is 23.6 Å². The lowest BCUT2D eigenvalue weighted by atomic mass is 9.72. The number of carbonyl (C=O) groups is 2. The van der Waals surface area contributed by atoms with E-state index < -0.39 is 16.9 Å². The first-order valence-electron chi connectivity index (χ1n) is 13.0. The third-order valence-corrected chi connectivity index (χ3v) is 7.23. The molecule has 1 aromatic rings. The van der Waals surface area contributed by atoms with Crippen molar-refractivity contribution in [2.75, 3.05) is 37.1 Å². The smallest absolute Gasteiger partial charge is 0.311 e. The SMILES string of the molecule is CCN(CCOC(=O)C(C)(C)CC(C)(CC)C(=O)OC)c1ccc(NN=C2CCC([N+](=O)[O-])CC2)cc1. The highest BCUT2D eigenvalue weighted by atomic mass is 16.6. The first-order chi connectivity index (χ1) is 17.5. The van der Waals surface area contributed by atoms with Gasteiger partial charge in [0.2, 0.25) is 6.04 Å². The molecule has 1 aromatic carbocycles. The molecule has 1 aliphatic rings. The number of ether oxygens (including phenoxy) is 2. The Hall–Kier alpha value is -3.17. The maximum absolute atomic E-state index is 12.8. The number of nitrogens with one attached hydrogen (secondary N) is 1. The number of carbonyl (C=O) groups excluding carboxylic acids is 2. The van der Waals surface area contributed by atoms with Gasteiger partial charge in [0.05, 0.1) is 30.2 Å². The van der Waals surface area contributed by atoms with Gasteiger partial charge in [-0.25, -0.2) is 0 Å². The normalized spacial score (nSPS) is 17.4. The van der Waals surface area contributed by atoms with Gasteiger partial charge in [0, 0.05) is 35.7 Å². The van der Waals surface area contributed by atoms with E-state index in [4.69, 9.17) is 9.47 Å². The van der Waals surface area contributed by atoms with Crippen LogP contribution in [0.3, 0.4) is 0 Å². The zero-order chi connectivity index (χ0) is 27.6. The van der Waals surface area contributed by atoms with E-state index >= 15 is 0 Å². The molecular formula is C27H42N4O6. The summed E-state index contributed by atoms with van der Waals surface area (Å²) in [4.78, 5) is 37.9. The molecule has 0 amide bonds. The zero-order valence-corrected chi connectivity index (χ0v) is 23.0. The fourth-order valence-corrected chi connectivity index (χ4v) is 4.70. The summed E-state index contributed by atoms with van der Waals surface area (Å²) in [6, 6.07) is 7.35. The largest absolute Gasteiger partial charge is 0.469 e. The van der Waals surface area contributed by atoms with Gasteiger partial charge < -0.3 is 14.4 Å². The molecule has 1 fully saturated rings. The van der Waals surface area contributed by atoms with Gasteiger partial charge in [0.15, 0.2) is 0 Å². The summed E-state index contributed by atoms with van der Waals surface area (Å²) in [5.41, 5.74) is 4.25. The van der Waals surface area contributed by atoms with Crippen molar-refractivity contribution in [3.05, 3.63) is 34.4 Å². The number of rotatable bonds is 13. The van der Waals surface area contributed by atoms with Crippen LogP contribution < -0.4 is 10.3 Å². The molecule has 1 N–H and O–H groups in total. The van der Waals surface area contributed by atoms with E-state index in [9.17, 15) is 19.7 Å². The minimum atomic E-state index is -0.826. The molecule has 0 aliphatic heterocycles. The number of likely N-dealkylation sites (N-methyl/N-ethyl adjacent to an activating group) is 1. The second-order valence-electron chi connectivity index (χ2n) is 10.5. The maximum Gasteiger partial charge on any atom is 0.311 e. The highest BCUT2D eigenvalue weighted by Gasteiger charge is 2.42. The molecule has 10 heteroatoms. The first-order valence-corrected chi connectivity index (χ1v) is 13.0. The lowest BCUT2D eigenvalue weighted by molar-refractivity contribution is -0.524. The van der Waals surface area contributed by atoms with Crippen molar-refractivity contribution >= 4 is 29.0 Å². The van der Waals surface area contributed by atoms with Crippen LogP contribution in [0.5, 0.6) is 0 Å². The molecule has 0 spiro atoms. The van der Waals surface area contributed by atoms with Crippen molar-refractivity contribution in [1.82, 2.24) is 0 Å². The molecule has 37 heavy (non-hydrogen) atoms. The van der Waals surface area contributed by atoms with Gasteiger partial charge in [-0.05, 0) is 77.6 Å². The van der Waals surface area contributed by atoms with E-state index in [1.807, 2.05) is 45.0 Å². The summed E-state index contributed by atoms with van der Waals surface area (Å²) in [5.74, 6) is -0.655. The molecule has 0 bridgehead atoms. The third-order valence-electron chi connectivity index (χ3n) is 7.23. The molecule has 1 saturated carbocycles. The van der Waals surface area contributed by atoms with Crippen LogP contribution in [0, 0.1) is 20.9 Å². The Balaban J connectivity index is 1.87. The monoisotopic (exact) mass is 518 g/mol. The molecular weight excluding hydrogens is 476 g/mol. The first kappa shape index (κ1) is 30.1. The van der Waals surface area contributed by atoms with Crippen LogP contribution in [0.4, 0.5) is 11.4 Å². The molecule has 206 valence electrons. The topological polar surface area (TPSA) is 123 Å². The number of nitrogens with zero attached hydrogens (tertiary/aromatic N) is 3. The Labute approximate surface area is 219 Å². The van der Waals surface area contributed by atoms with Gasteiger partial charge in [-0.2, -0.15) is 5.10 Å². The number of hydrogen-bond donors (Lipinski definition) is 1. The Morgan fingerprint density at radius 1 is 1.14 bits per heavy atom. The van der Waals surface area contributed by atoms with Crippen molar-refractivity contribution < 1.29 is 24.0 Å². The van der Waals surface area contributed by atoms with Gasteiger partial charge in [-0.1, -0.05) is 6.92 Å². The molecule has 0 aromatic heterocycles. The summed E-state index contributed by atoms with van der Waals surface area (Å²) >= 11 is 0. The minimum absolute atomic E-state index is 0.197. The van der Waals surface area contributed by atoms with E-state index in [1.54, 1.807) is 13.8 Å². The van der Waals surface area contributed by atoms with Crippen LogP contribution in [0.2, 0.25) is 0 Å². The number of esters is 2. The van der Waals surface area contributed by atoms with Gasteiger partial charge in [-0.15, -0.1) is 0 Å². The van der Waals surface area contributed by atoms with Gasteiger partial charge >= 0.3 is 11.9 Å². The lowest BCUT2D eigenvalue weighted by Gasteiger charge is -2.33. The molecule has 1 unspecified atom stereocenters. The predicted molar refractivity (Wildman–Crippen MR) is 144 cm³/mol. The standard InChI is InChI=1S/C27H42N4O6/c1-7-27(5,25(33)36-6)19-26(3,4)24(32)37-18-17-30(8-2)22-13-9-20(10-14-22)28-29-21-11-15-23(16-12-21)31(34)35/h9-10,13-14,23,28H,7-8,11-12,15-19H2,1-6H3. The second-order valence-corrected chi connectivity index (χ2v) is 10.5. The van der Waals surface area contributed by atoms with Crippen molar-refractivity contribution in [3.8, 4) is 0 Å². The summed E-state index contributed by atoms with van der Waals surface area (Å²) in [7, 11) is 1.36. The molecule has 1 atom stereocenters. The Morgan fingerprint density at radius 3 is 2.27 bits per heavy atom. The number of hydrogen-bond acceptors (Lipinski definition) is 9. The van der Waals surface area contributed by atoms with E-state index in [1.165, 1.54) is 7.11 Å². The quantitative estimate of drug-likeness (QED) is 0.219. The summed E-state index contributed by atoms with van der Waals surface area (Å²) < 4.78 is 10.6. The van der Waals surface area contributed by atoms with E-state index in [2.05, 4.69) is 15.4 Å². The lowest BCUT2D eigenvalue weighted by Crippen LogP contribution is -2.39. The fraction of sp³-hybridized carbons (Fsp3) is 0.667. The van der Waals surface area contributed by atoms with E-state index in [-0.39, 0.29) is 23.5 Å². The second kappa shape index (κ2) is 13.4. The van der Waals surface area contributed by atoms with Crippen LogP contribution in [0.1, 0.15) is 73.1 Å².